The van der Waals surface area contributed by atoms with Crippen molar-refractivity contribution in [2.24, 2.45) is 0 Å². The van der Waals surface area contributed by atoms with Crippen LogP contribution in [-0.4, -0.2) is 42.1 Å². The van der Waals surface area contributed by atoms with Crippen molar-refractivity contribution >= 4 is 17.5 Å². The number of amides is 1. The molecule has 1 atom stereocenters. The summed E-state index contributed by atoms with van der Waals surface area (Å²) >= 11 is 5.96. The van der Waals surface area contributed by atoms with Crippen molar-refractivity contribution in [3.05, 3.63) is 64.9 Å². The molecule has 2 aromatic rings. The Labute approximate surface area is 134 Å². The monoisotopic (exact) mass is 316 g/mol. The molecule has 0 N–H and O–H groups in total. The molecular weight excluding hydrogens is 300 g/mol. The van der Waals surface area contributed by atoms with E-state index in [9.17, 15) is 4.79 Å². The highest BCUT2D eigenvalue weighted by molar-refractivity contribution is 6.30. The fraction of sp³-hybridized carbons (Fsp3) is 0.294. The molecule has 2 heterocycles. The van der Waals surface area contributed by atoms with Gasteiger partial charge < -0.3 is 9.64 Å². The fourth-order valence-corrected chi connectivity index (χ4v) is 2.73. The minimum Gasteiger partial charge on any atom is -0.378 e. The number of hydrogen-bond acceptors (Lipinski definition) is 3. The van der Waals surface area contributed by atoms with Crippen LogP contribution in [0.4, 0.5) is 0 Å². The summed E-state index contributed by atoms with van der Waals surface area (Å²) in [5.41, 5.74) is 1.65. The molecule has 1 aromatic carbocycles. The molecule has 1 fully saturated rings. The van der Waals surface area contributed by atoms with Gasteiger partial charge in [-0.05, 0) is 29.8 Å². The van der Waals surface area contributed by atoms with Gasteiger partial charge in [0.1, 0.15) is 5.92 Å². The predicted octanol–water partition coefficient (Wildman–Crippen LogP) is 2.73. The summed E-state index contributed by atoms with van der Waals surface area (Å²) in [5.74, 6) is -0.346. The van der Waals surface area contributed by atoms with Gasteiger partial charge in [-0.2, -0.15) is 0 Å². The molecule has 0 radical (unpaired) electrons. The number of morpholine rings is 1. The molecule has 0 bridgehead atoms. The zero-order valence-corrected chi connectivity index (χ0v) is 12.9. The number of carbonyl (C=O) groups excluding carboxylic acids is 1. The van der Waals surface area contributed by atoms with E-state index in [-0.39, 0.29) is 5.91 Å². The number of halogens is 1. The maximum atomic E-state index is 13.0. The van der Waals surface area contributed by atoms with Crippen LogP contribution in [0.1, 0.15) is 17.2 Å². The van der Waals surface area contributed by atoms with E-state index >= 15 is 0 Å². The molecule has 1 aromatic heterocycles. The van der Waals surface area contributed by atoms with Gasteiger partial charge in [0, 0.05) is 24.3 Å². The van der Waals surface area contributed by atoms with E-state index in [1.165, 1.54) is 0 Å². The Morgan fingerprint density at radius 1 is 1.14 bits per heavy atom. The SMILES string of the molecule is O=C(C(c1ccc(Cl)cc1)c1ccccn1)N1CCOCC1. The average Bonchev–Trinajstić information content (AvgIpc) is 2.58. The first kappa shape index (κ1) is 15.0. The van der Waals surface area contributed by atoms with Crippen LogP contribution >= 0.6 is 11.6 Å². The zero-order valence-electron chi connectivity index (χ0n) is 12.1. The molecule has 5 heteroatoms. The average molecular weight is 317 g/mol. The number of hydrogen-bond donors (Lipinski definition) is 0. The molecule has 22 heavy (non-hydrogen) atoms. The topological polar surface area (TPSA) is 42.4 Å². The molecule has 4 nitrogen and oxygen atoms in total. The van der Waals surface area contributed by atoms with E-state index in [1.54, 1.807) is 18.3 Å². The van der Waals surface area contributed by atoms with Crippen LogP contribution in [0, 0.1) is 0 Å². The van der Waals surface area contributed by atoms with E-state index in [0.29, 0.717) is 31.3 Å². The Bertz CT molecular complexity index is 625. The van der Waals surface area contributed by atoms with Crippen molar-refractivity contribution < 1.29 is 9.53 Å². The Hall–Kier alpha value is -1.91. The van der Waals surface area contributed by atoms with Crippen molar-refractivity contribution in [3.8, 4) is 0 Å². The van der Waals surface area contributed by atoms with Gasteiger partial charge in [0.15, 0.2) is 0 Å². The number of rotatable bonds is 3. The van der Waals surface area contributed by atoms with Gasteiger partial charge in [-0.25, -0.2) is 0 Å². The van der Waals surface area contributed by atoms with Crippen LogP contribution in [0.15, 0.2) is 48.7 Å². The van der Waals surface area contributed by atoms with Crippen LogP contribution in [0.3, 0.4) is 0 Å². The van der Waals surface area contributed by atoms with Gasteiger partial charge in [0.25, 0.3) is 0 Å². The molecule has 3 rings (SSSR count). The summed E-state index contributed by atoms with van der Waals surface area (Å²) in [4.78, 5) is 19.2. The number of aromatic nitrogens is 1. The third kappa shape index (κ3) is 3.29. The largest absolute Gasteiger partial charge is 0.378 e. The van der Waals surface area contributed by atoms with Gasteiger partial charge >= 0.3 is 0 Å². The van der Waals surface area contributed by atoms with Crippen LogP contribution < -0.4 is 0 Å². The van der Waals surface area contributed by atoms with E-state index < -0.39 is 5.92 Å². The van der Waals surface area contributed by atoms with Gasteiger partial charge in [0.05, 0.1) is 18.9 Å². The Morgan fingerprint density at radius 2 is 1.86 bits per heavy atom. The van der Waals surface area contributed by atoms with Gasteiger partial charge in [-0.3, -0.25) is 9.78 Å². The van der Waals surface area contributed by atoms with Gasteiger partial charge in [-0.1, -0.05) is 29.8 Å². The molecular formula is C17H17ClN2O2. The number of benzene rings is 1. The summed E-state index contributed by atoms with van der Waals surface area (Å²) in [6, 6.07) is 13.0. The lowest BCUT2D eigenvalue weighted by Gasteiger charge is -2.30. The highest BCUT2D eigenvalue weighted by Crippen LogP contribution is 2.27. The number of ether oxygens (including phenoxy) is 1. The van der Waals surface area contributed by atoms with Crippen molar-refractivity contribution in [2.75, 3.05) is 26.3 Å². The third-order valence-corrected chi connectivity index (χ3v) is 4.01. The predicted molar refractivity (Wildman–Crippen MR) is 84.9 cm³/mol. The Balaban J connectivity index is 1.95. The van der Waals surface area contributed by atoms with Crippen LogP contribution in [0.5, 0.6) is 0 Å². The molecule has 1 unspecified atom stereocenters. The first-order valence-electron chi connectivity index (χ1n) is 7.28. The lowest BCUT2D eigenvalue weighted by atomic mass is 9.93. The van der Waals surface area contributed by atoms with Crippen LogP contribution in [0.2, 0.25) is 5.02 Å². The molecule has 1 saturated heterocycles. The second kappa shape index (κ2) is 6.90. The van der Waals surface area contributed by atoms with Crippen molar-refractivity contribution in [1.29, 1.82) is 0 Å². The number of pyridine rings is 1. The summed E-state index contributed by atoms with van der Waals surface area (Å²) in [6.07, 6.45) is 1.71. The Kier molecular flexibility index (Phi) is 4.71. The summed E-state index contributed by atoms with van der Waals surface area (Å²) in [7, 11) is 0. The van der Waals surface area contributed by atoms with Crippen LogP contribution in [0.25, 0.3) is 0 Å². The van der Waals surface area contributed by atoms with Gasteiger partial charge in [0.2, 0.25) is 5.91 Å². The Morgan fingerprint density at radius 3 is 2.50 bits per heavy atom. The van der Waals surface area contributed by atoms with E-state index in [4.69, 9.17) is 16.3 Å². The molecule has 0 spiro atoms. The lowest BCUT2D eigenvalue weighted by molar-refractivity contribution is -0.136. The first-order chi connectivity index (χ1) is 10.8. The molecule has 1 amide bonds. The highest BCUT2D eigenvalue weighted by Gasteiger charge is 2.29. The standard InChI is InChI=1S/C17H17ClN2O2/c18-14-6-4-13(5-7-14)16(15-3-1-2-8-19-15)17(21)20-9-11-22-12-10-20/h1-8,16H,9-12H2. The molecule has 1 aliphatic rings. The van der Waals surface area contributed by atoms with Crippen LogP contribution in [-0.2, 0) is 9.53 Å². The third-order valence-electron chi connectivity index (χ3n) is 3.76. The number of nitrogens with zero attached hydrogens (tertiary/aromatic N) is 2. The van der Waals surface area contributed by atoms with E-state index in [2.05, 4.69) is 4.98 Å². The van der Waals surface area contributed by atoms with E-state index in [0.717, 1.165) is 11.3 Å². The smallest absolute Gasteiger partial charge is 0.236 e. The van der Waals surface area contributed by atoms with Crippen molar-refractivity contribution in [1.82, 2.24) is 9.88 Å². The second-order valence-corrected chi connectivity index (χ2v) is 5.61. The first-order valence-corrected chi connectivity index (χ1v) is 7.66. The quantitative estimate of drug-likeness (QED) is 0.874. The summed E-state index contributed by atoms with van der Waals surface area (Å²) in [5, 5.41) is 0.655. The fourth-order valence-electron chi connectivity index (χ4n) is 2.61. The summed E-state index contributed by atoms with van der Waals surface area (Å²) < 4.78 is 5.33. The van der Waals surface area contributed by atoms with E-state index in [1.807, 2.05) is 35.2 Å². The lowest BCUT2D eigenvalue weighted by Crippen LogP contribution is -2.43. The maximum absolute atomic E-state index is 13.0. The second-order valence-electron chi connectivity index (χ2n) is 5.18. The molecule has 1 aliphatic heterocycles. The number of carbonyl (C=O) groups is 1. The van der Waals surface area contributed by atoms with Gasteiger partial charge in [-0.15, -0.1) is 0 Å². The van der Waals surface area contributed by atoms with Crippen molar-refractivity contribution in [3.63, 3.8) is 0 Å². The summed E-state index contributed by atoms with van der Waals surface area (Å²) in [6.45, 7) is 2.41. The minimum absolute atomic E-state index is 0.0596. The highest BCUT2D eigenvalue weighted by atomic mass is 35.5. The van der Waals surface area contributed by atoms with Crippen molar-refractivity contribution in [2.45, 2.75) is 5.92 Å². The normalized spacial score (nSPS) is 16.3. The minimum atomic E-state index is -0.406. The zero-order chi connectivity index (χ0) is 15.4. The molecule has 0 aliphatic carbocycles. The molecule has 0 saturated carbocycles. The maximum Gasteiger partial charge on any atom is 0.236 e. The molecule has 114 valence electrons.